The maximum absolute atomic E-state index is 11.1. The molecule has 0 amide bonds. The number of benzene rings is 3. The number of rotatable bonds is 7. The molecular weight excluding hydrogens is 461 g/mol. The largest absolute Gasteiger partial charge is 0.440 e. The van der Waals surface area contributed by atoms with E-state index in [0.717, 1.165) is 47.7 Å². The van der Waals surface area contributed by atoms with Crippen LogP contribution in [-0.2, 0) is 16.1 Å². The van der Waals surface area contributed by atoms with Crippen LogP contribution in [0, 0.1) is 5.92 Å². The van der Waals surface area contributed by atoms with Crippen molar-refractivity contribution < 1.29 is 19.0 Å². The van der Waals surface area contributed by atoms with E-state index in [1.807, 2.05) is 48.5 Å². The van der Waals surface area contributed by atoms with Crippen molar-refractivity contribution >= 4 is 35.5 Å². The van der Waals surface area contributed by atoms with Crippen molar-refractivity contribution in [2.45, 2.75) is 44.9 Å². The van der Waals surface area contributed by atoms with E-state index in [1.165, 1.54) is 25.3 Å². The minimum Gasteiger partial charge on any atom is -0.440 e. The molecule has 179 valence electrons. The summed E-state index contributed by atoms with van der Waals surface area (Å²) in [5.41, 5.74) is 4.16. The van der Waals surface area contributed by atoms with Crippen LogP contribution in [0.15, 0.2) is 89.3 Å². The number of oxazole rings is 1. The van der Waals surface area contributed by atoms with Crippen molar-refractivity contribution in [2.75, 3.05) is 0 Å². The molecule has 1 aromatic heterocycles. The van der Waals surface area contributed by atoms with Gasteiger partial charge in [-0.05, 0) is 42.4 Å². The van der Waals surface area contributed by atoms with E-state index in [9.17, 15) is 4.79 Å². The van der Waals surface area contributed by atoms with Gasteiger partial charge in [0, 0.05) is 54.0 Å². The second kappa shape index (κ2) is 12.4. The van der Waals surface area contributed by atoms with Gasteiger partial charge in [-0.1, -0.05) is 85.6 Å². The quantitative estimate of drug-likeness (QED) is 0.159. The molecule has 36 heavy (non-hydrogen) atoms. The van der Waals surface area contributed by atoms with E-state index in [0.29, 0.717) is 17.6 Å². The fourth-order valence-electron chi connectivity index (χ4n) is 5.05. The van der Waals surface area contributed by atoms with Crippen LogP contribution >= 0.6 is 0 Å². The SMILES string of the molecule is CC(=O)OOc1cccc(C2CCCCC2Cc2nc(-c3ccccc3)c(-c3ccccc3)o2)c1.[Na]. The molecule has 6 heteroatoms. The zero-order valence-corrected chi connectivity index (χ0v) is 22.9. The minimum atomic E-state index is -0.474. The second-order valence-electron chi connectivity index (χ2n) is 9.10. The van der Waals surface area contributed by atoms with Gasteiger partial charge in [0.05, 0.1) is 0 Å². The van der Waals surface area contributed by atoms with Crippen LogP contribution in [0.5, 0.6) is 5.75 Å². The third-order valence-electron chi connectivity index (χ3n) is 6.64. The number of carbonyl (C=O) groups is 1. The predicted octanol–water partition coefficient (Wildman–Crippen LogP) is 7.00. The molecule has 1 saturated carbocycles. The van der Waals surface area contributed by atoms with Gasteiger partial charge in [-0.2, -0.15) is 0 Å². The maximum atomic E-state index is 11.1. The van der Waals surface area contributed by atoms with Gasteiger partial charge in [0.1, 0.15) is 5.69 Å². The average Bonchev–Trinajstić information content (AvgIpc) is 3.33. The van der Waals surface area contributed by atoms with Crippen LogP contribution in [0.3, 0.4) is 0 Å². The second-order valence-corrected chi connectivity index (χ2v) is 9.10. The van der Waals surface area contributed by atoms with Crippen LogP contribution in [0.25, 0.3) is 22.6 Å². The molecule has 0 bridgehead atoms. The average molecular weight is 491 g/mol. The van der Waals surface area contributed by atoms with Crippen molar-refractivity contribution in [3.8, 4) is 28.3 Å². The minimum absolute atomic E-state index is 0. The first-order valence-corrected chi connectivity index (χ1v) is 12.2. The Hall–Kier alpha value is -2.86. The van der Waals surface area contributed by atoms with Crippen molar-refractivity contribution in [3.63, 3.8) is 0 Å². The summed E-state index contributed by atoms with van der Waals surface area (Å²) in [6.07, 6.45) is 5.37. The fourth-order valence-corrected chi connectivity index (χ4v) is 5.05. The van der Waals surface area contributed by atoms with Crippen molar-refractivity contribution in [3.05, 3.63) is 96.4 Å². The molecule has 0 saturated heterocycles. The first-order chi connectivity index (χ1) is 17.2. The zero-order valence-electron chi connectivity index (χ0n) is 20.9. The molecule has 4 aromatic rings. The van der Waals surface area contributed by atoms with Gasteiger partial charge in [-0.25, -0.2) is 9.78 Å². The van der Waals surface area contributed by atoms with E-state index in [1.54, 1.807) is 6.07 Å². The normalized spacial score (nSPS) is 17.1. The first kappa shape index (κ1) is 26.2. The number of hydrogen-bond acceptors (Lipinski definition) is 5. The third-order valence-corrected chi connectivity index (χ3v) is 6.64. The smallest absolute Gasteiger partial charge is 0.352 e. The van der Waals surface area contributed by atoms with Gasteiger partial charge in [0.25, 0.3) is 0 Å². The molecule has 2 atom stereocenters. The van der Waals surface area contributed by atoms with E-state index >= 15 is 0 Å². The zero-order chi connectivity index (χ0) is 24.0. The van der Waals surface area contributed by atoms with Gasteiger partial charge < -0.3 is 4.42 Å². The Morgan fingerprint density at radius 2 is 1.61 bits per heavy atom. The van der Waals surface area contributed by atoms with E-state index in [2.05, 4.69) is 30.3 Å². The fraction of sp³-hybridized carbons (Fsp3) is 0.267. The molecule has 1 radical (unpaired) electrons. The van der Waals surface area contributed by atoms with Crippen LogP contribution in [-0.4, -0.2) is 40.5 Å². The van der Waals surface area contributed by atoms with E-state index in [4.69, 9.17) is 19.2 Å². The molecule has 1 aliphatic carbocycles. The number of hydrogen-bond donors (Lipinski definition) is 0. The molecule has 1 fully saturated rings. The Kier molecular flexibility index (Phi) is 9.03. The van der Waals surface area contributed by atoms with Crippen LogP contribution in [0.1, 0.15) is 50.0 Å². The molecule has 0 spiro atoms. The Labute approximate surface area is 234 Å². The molecule has 2 unspecified atom stereocenters. The molecule has 0 N–H and O–H groups in total. The van der Waals surface area contributed by atoms with Crippen LogP contribution < -0.4 is 4.89 Å². The Balaban J connectivity index is 0.00000304. The Morgan fingerprint density at radius 1 is 0.917 bits per heavy atom. The van der Waals surface area contributed by atoms with Gasteiger partial charge in [-0.3, -0.25) is 9.78 Å². The number of nitrogens with zero attached hydrogens (tertiary/aromatic N) is 1. The third kappa shape index (κ3) is 6.28. The van der Waals surface area contributed by atoms with Gasteiger partial charge in [-0.15, -0.1) is 0 Å². The molecular formula is C30H29NNaO4. The Bertz CT molecular complexity index is 1220. The van der Waals surface area contributed by atoms with Gasteiger partial charge in [0.15, 0.2) is 17.4 Å². The summed E-state index contributed by atoms with van der Waals surface area (Å²) in [4.78, 5) is 26.0. The van der Waals surface area contributed by atoms with E-state index in [-0.39, 0.29) is 29.6 Å². The topological polar surface area (TPSA) is 61.6 Å². The molecule has 1 aliphatic rings. The summed E-state index contributed by atoms with van der Waals surface area (Å²) in [5, 5.41) is 0. The van der Waals surface area contributed by atoms with Crippen LogP contribution in [0.2, 0.25) is 0 Å². The van der Waals surface area contributed by atoms with Gasteiger partial charge >= 0.3 is 5.97 Å². The van der Waals surface area contributed by atoms with Gasteiger partial charge in [0.2, 0.25) is 0 Å². The Morgan fingerprint density at radius 3 is 2.33 bits per heavy atom. The van der Waals surface area contributed by atoms with E-state index < -0.39 is 5.97 Å². The standard InChI is InChI=1S/C30H29NO4.Na/c1-21(32)34-35-26-17-10-16-24(19-26)27-18-9-8-15-25(27)20-28-31-29(22-11-4-2-5-12-22)30(33-28)23-13-6-3-7-14-23;/h2-7,10-14,16-17,19,25,27H,8-9,15,18,20H2,1H3;. The summed E-state index contributed by atoms with van der Waals surface area (Å²) >= 11 is 0. The molecule has 3 aromatic carbocycles. The van der Waals surface area contributed by atoms with Crippen molar-refractivity contribution in [2.24, 2.45) is 5.92 Å². The molecule has 1 heterocycles. The summed E-state index contributed by atoms with van der Waals surface area (Å²) in [6.45, 7) is 1.32. The summed E-state index contributed by atoms with van der Waals surface area (Å²) < 4.78 is 6.44. The summed E-state index contributed by atoms with van der Waals surface area (Å²) in [5.74, 6) is 2.41. The van der Waals surface area contributed by atoms with Crippen molar-refractivity contribution in [1.82, 2.24) is 4.98 Å². The summed E-state index contributed by atoms with van der Waals surface area (Å²) in [6, 6.07) is 28.3. The molecule has 5 nitrogen and oxygen atoms in total. The maximum Gasteiger partial charge on any atom is 0.352 e. The molecule has 0 aliphatic heterocycles. The molecule has 5 rings (SSSR count). The summed E-state index contributed by atoms with van der Waals surface area (Å²) in [7, 11) is 0. The number of aromatic nitrogens is 1. The predicted molar refractivity (Wildman–Crippen MR) is 140 cm³/mol. The van der Waals surface area contributed by atoms with Crippen molar-refractivity contribution in [1.29, 1.82) is 0 Å². The first-order valence-electron chi connectivity index (χ1n) is 12.2. The number of carbonyl (C=O) groups excluding carboxylic acids is 1. The van der Waals surface area contributed by atoms with Crippen LogP contribution in [0.4, 0.5) is 0 Å². The monoisotopic (exact) mass is 490 g/mol.